The Hall–Kier alpha value is -2.68. The van der Waals surface area contributed by atoms with Crippen LogP contribution in [0.2, 0.25) is 0 Å². The summed E-state index contributed by atoms with van der Waals surface area (Å²) in [4.78, 5) is 18.5. The van der Waals surface area contributed by atoms with E-state index in [-0.39, 0.29) is 29.1 Å². The maximum absolute atomic E-state index is 15.0. The molecular weight excluding hydrogens is 459 g/mol. The first-order valence-corrected chi connectivity index (χ1v) is 13.5. The molecule has 184 valence electrons. The third kappa shape index (κ3) is 5.68. The van der Waals surface area contributed by atoms with Gasteiger partial charge in [-0.05, 0) is 51.7 Å². The van der Waals surface area contributed by atoms with Gasteiger partial charge in [-0.3, -0.25) is 4.98 Å². The number of aromatic nitrogens is 1. The van der Waals surface area contributed by atoms with E-state index in [1.807, 2.05) is 26.8 Å². The normalized spacial score (nSPS) is 19.0. The number of nitrogens with zero attached hydrogens (tertiary/aromatic N) is 2. The minimum Gasteiger partial charge on any atom is -0.488 e. The van der Waals surface area contributed by atoms with E-state index in [1.165, 1.54) is 6.07 Å². The maximum Gasteiger partial charge on any atom is 0.410 e. The number of sulfone groups is 1. The molecule has 2 aromatic rings. The largest absolute Gasteiger partial charge is 0.488 e. The van der Waals surface area contributed by atoms with Gasteiger partial charge in [-0.15, -0.1) is 0 Å². The monoisotopic (exact) mass is 490 g/mol. The molecule has 1 saturated heterocycles. The number of carbonyl (C=O) groups is 1. The lowest BCUT2D eigenvalue weighted by molar-refractivity contribution is 0.0123. The number of likely N-dealkylation sites (tertiary alicyclic amines) is 1. The zero-order valence-electron chi connectivity index (χ0n) is 20.0. The number of hydrogen-bond donors (Lipinski definition) is 0. The van der Waals surface area contributed by atoms with Gasteiger partial charge < -0.3 is 14.4 Å². The summed E-state index contributed by atoms with van der Waals surface area (Å²) in [5, 5.41) is 0. The lowest BCUT2D eigenvalue weighted by atomic mass is 9.89. The molecule has 34 heavy (non-hydrogen) atoms. The van der Waals surface area contributed by atoms with Crippen LogP contribution < -0.4 is 4.74 Å². The van der Waals surface area contributed by atoms with E-state index in [4.69, 9.17) is 9.47 Å². The zero-order valence-corrected chi connectivity index (χ0v) is 20.8. The SMILES string of the molecule is CC(C)(C)OC(=O)N1CCC(C2Cc3cc(-c4cccc(CS(C)(=O)=O)c4F)ncc3O2)CC1. The van der Waals surface area contributed by atoms with Gasteiger partial charge in [0.1, 0.15) is 23.3 Å². The molecule has 1 aromatic carbocycles. The van der Waals surface area contributed by atoms with Crippen molar-refractivity contribution in [3.05, 3.63) is 47.4 Å². The number of fused-ring (bicyclic) bond motifs is 1. The second-order valence-corrected chi connectivity index (χ2v) is 12.3. The summed E-state index contributed by atoms with van der Waals surface area (Å²) in [5.41, 5.74) is 1.30. The van der Waals surface area contributed by atoms with Crippen molar-refractivity contribution < 1.29 is 27.1 Å². The van der Waals surface area contributed by atoms with Gasteiger partial charge in [0, 0.05) is 42.5 Å². The fraction of sp³-hybridized carbons (Fsp3) is 0.520. The van der Waals surface area contributed by atoms with Crippen molar-refractivity contribution in [2.24, 2.45) is 5.92 Å². The van der Waals surface area contributed by atoms with Gasteiger partial charge in [0.15, 0.2) is 9.84 Å². The Morgan fingerprint density at radius 2 is 1.97 bits per heavy atom. The van der Waals surface area contributed by atoms with E-state index in [9.17, 15) is 13.2 Å². The number of ether oxygens (including phenoxy) is 2. The molecule has 0 saturated carbocycles. The maximum atomic E-state index is 15.0. The Bertz CT molecular complexity index is 1180. The number of hydrogen-bond acceptors (Lipinski definition) is 6. The predicted molar refractivity (Wildman–Crippen MR) is 127 cm³/mol. The van der Waals surface area contributed by atoms with Gasteiger partial charge in [0.05, 0.1) is 17.6 Å². The Morgan fingerprint density at radius 1 is 1.26 bits per heavy atom. The van der Waals surface area contributed by atoms with Crippen LogP contribution in [-0.2, 0) is 26.7 Å². The van der Waals surface area contributed by atoms with Gasteiger partial charge in [-0.1, -0.05) is 12.1 Å². The summed E-state index contributed by atoms with van der Waals surface area (Å²) in [6.07, 6.45) is 4.73. The molecule has 0 radical (unpaired) electrons. The highest BCUT2D eigenvalue weighted by Crippen LogP contribution is 2.37. The number of rotatable bonds is 4. The Kier molecular flexibility index (Phi) is 6.59. The first kappa shape index (κ1) is 24.4. The molecule has 1 fully saturated rings. The van der Waals surface area contributed by atoms with Gasteiger partial charge in [-0.2, -0.15) is 0 Å². The smallest absolute Gasteiger partial charge is 0.410 e. The van der Waals surface area contributed by atoms with Gasteiger partial charge in [0.2, 0.25) is 0 Å². The van der Waals surface area contributed by atoms with E-state index in [0.29, 0.717) is 36.9 Å². The molecule has 3 heterocycles. The van der Waals surface area contributed by atoms with Crippen LogP contribution in [0.4, 0.5) is 9.18 Å². The fourth-order valence-corrected chi connectivity index (χ4v) is 5.32. The molecule has 1 atom stereocenters. The lowest BCUT2D eigenvalue weighted by Gasteiger charge is -2.35. The summed E-state index contributed by atoms with van der Waals surface area (Å²) in [5.74, 6) is 0.0656. The number of halogens is 1. The third-order valence-electron chi connectivity index (χ3n) is 6.14. The molecule has 2 aliphatic heterocycles. The topological polar surface area (TPSA) is 85.8 Å². The van der Waals surface area contributed by atoms with Crippen molar-refractivity contribution >= 4 is 15.9 Å². The van der Waals surface area contributed by atoms with E-state index in [2.05, 4.69) is 4.98 Å². The second-order valence-electron chi connectivity index (χ2n) is 10.2. The summed E-state index contributed by atoms with van der Waals surface area (Å²) in [7, 11) is -3.36. The molecular formula is C25H31FN2O5S. The van der Waals surface area contributed by atoms with Crippen LogP contribution in [0.15, 0.2) is 30.5 Å². The first-order chi connectivity index (χ1) is 15.9. The van der Waals surface area contributed by atoms with E-state index in [1.54, 1.807) is 23.2 Å². The van der Waals surface area contributed by atoms with E-state index >= 15 is 4.39 Å². The molecule has 7 nitrogen and oxygen atoms in total. The van der Waals surface area contributed by atoms with Gasteiger partial charge in [-0.25, -0.2) is 17.6 Å². The van der Waals surface area contributed by atoms with Crippen LogP contribution in [0.1, 0.15) is 44.7 Å². The van der Waals surface area contributed by atoms with Crippen molar-refractivity contribution in [2.75, 3.05) is 19.3 Å². The molecule has 9 heteroatoms. The molecule has 0 spiro atoms. The Morgan fingerprint density at radius 3 is 2.62 bits per heavy atom. The summed E-state index contributed by atoms with van der Waals surface area (Å²) in [6, 6.07) is 6.56. The van der Waals surface area contributed by atoms with Crippen LogP contribution in [-0.4, -0.2) is 55.4 Å². The van der Waals surface area contributed by atoms with Crippen molar-refractivity contribution in [2.45, 2.75) is 57.5 Å². The first-order valence-electron chi connectivity index (χ1n) is 11.5. The highest BCUT2D eigenvalue weighted by molar-refractivity contribution is 7.89. The Balaban J connectivity index is 1.43. The van der Waals surface area contributed by atoms with Crippen molar-refractivity contribution in [3.8, 4) is 17.0 Å². The van der Waals surface area contributed by atoms with E-state index in [0.717, 1.165) is 24.7 Å². The van der Waals surface area contributed by atoms with Crippen LogP contribution in [0.3, 0.4) is 0 Å². The second kappa shape index (κ2) is 9.17. The molecule has 2 aliphatic rings. The number of benzene rings is 1. The average molecular weight is 491 g/mol. The van der Waals surface area contributed by atoms with Gasteiger partial charge >= 0.3 is 6.09 Å². The lowest BCUT2D eigenvalue weighted by Crippen LogP contribution is -2.44. The van der Waals surface area contributed by atoms with E-state index < -0.39 is 21.3 Å². The molecule has 0 aliphatic carbocycles. The molecule has 0 bridgehead atoms. The predicted octanol–water partition coefficient (Wildman–Crippen LogP) is 4.38. The van der Waals surface area contributed by atoms with Crippen LogP contribution in [0, 0.1) is 11.7 Å². The minimum absolute atomic E-state index is 0.0192. The summed E-state index contributed by atoms with van der Waals surface area (Å²) in [6.45, 7) is 6.82. The quantitative estimate of drug-likeness (QED) is 0.632. The fourth-order valence-electron chi connectivity index (χ4n) is 4.53. The van der Waals surface area contributed by atoms with Crippen LogP contribution in [0.25, 0.3) is 11.3 Å². The molecule has 0 N–H and O–H groups in total. The van der Waals surface area contributed by atoms with Crippen LogP contribution in [0.5, 0.6) is 5.75 Å². The highest BCUT2D eigenvalue weighted by atomic mass is 32.2. The van der Waals surface area contributed by atoms with Crippen molar-refractivity contribution in [1.29, 1.82) is 0 Å². The third-order valence-corrected chi connectivity index (χ3v) is 6.97. The molecule has 4 rings (SSSR count). The average Bonchev–Trinajstić information content (AvgIpc) is 3.16. The number of pyridine rings is 1. The number of piperidine rings is 1. The number of carbonyl (C=O) groups excluding carboxylic acids is 1. The van der Waals surface area contributed by atoms with Gasteiger partial charge in [0.25, 0.3) is 0 Å². The standard InChI is InChI=1S/C25H31FN2O5S/c1-25(2,3)33-24(29)28-10-8-16(9-11-28)21-13-18-12-20(27-14-22(18)32-21)19-7-5-6-17(23(19)26)15-34(4,30)31/h5-7,12,14,16,21H,8-11,13,15H2,1-4H3. The number of amides is 1. The summed E-state index contributed by atoms with van der Waals surface area (Å²) >= 11 is 0. The Labute approximate surface area is 200 Å². The summed E-state index contributed by atoms with van der Waals surface area (Å²) < 4.78 is 49.9. The molecule has 1 amide bonds. The van der Waals surface area contributed by atoms with Crippen molar-refractivity contribution in [1.82, 2.24) is 9.88 Å². The van der Waals surface area contributed by atoms with Crippen LogP contribution >= 0.6 is 0 Å². The molecule has 1 aromatic heterocycles. The zero-order chi connectivity index (χ0) is 24.7. The van der Waals surface area contributed by atoms with Crippen molar-refractivity contribution in [3.63, 3.8) is 0 Å². The highest BCUT2D eigenvalue weighted by Gasteiger charge is 2.35. The molecule has 1 unspecified atom stereocenters. The minimum atomic E-state index is -3.36.